The average molecular weight is 297 g/mol. The second-order valence-corrected chi connectivity index (χ2v) is 9.30. The number of rotatable bonds is 10. The molecule has 1 saturated heterocycles. The second-order valence-electron chi connectivity index (χ2n) is 6.63. The Morgan fingerprint density at radius 3 is 2.05 bits per heavy atom. The van der Waals surface area contributed by atoms with E-state index in [2.05, 4.69) is 32.7 Å². The molecule has 0 N–H and O–H groups in total. The highest BCUT2D eigenvalue weighted by atomic mass is 27.2. The van der Waals surface area contributed by atoms with Gasteiger partial charge in [0.1, 0.15) is 0 Å². The van der Waals surface area contributed by atoms with Gasteiger partial charge >= 0.3 is 14.5 Å². The molecule has 1 fully saturated rings. The lowest BCUT2D eigenvalue weighted by atomic mass is 9.90. The summed E-state index contributed by atoms with van der Waals surface area (Å²) in [6.07, 6.45) is 9.88. The molecule has 0 saturated carbocycles. The molecule has 0 radical (unpaired) electrons. The van der Waals surface area contributed by atoms with Crippen LogP contribution >= 0.6 is 0 Å². The van der Waals surface area contributed by atoms with Crippen LogP contribution in [0.15, 0.2) is 0 Å². The van der Waals surface area contributed by atoms with Crippen molar-refractivity contribution in [1.29, 1.82) is 0 Å². The minimum Gasteiger partial charge on any atom is -0.498 e. The molecule has 2 nitrogen and oxygen atoms in total. The minimum absolute atomic E-state index is 0.564. The highest BCUT2D eigenvalue weighted by Gasteiger charge is 2.29. The Morgan fingerprint density at radius 2 is 1.60 bits per heavy atom. The van der Waals surface area contributed by atoms with E-state index in [9.17, 15) is 0 Å². The monoisotopic (exact) mass is 297 g/mol. The maximum absolute atomic E-state index is 6.70. The fourth-order valence-electron chi connectivity index (χ4n) is 3.33. The molecule has 1 rings (SSSR count). The normalized spacial score (nSPS) is 19.2. The van der Waals surface area contributed by atoms with Gasteiger partial charge in [-0.25, -0.2) is 0 Å². The molecule has 0 aromatic rings. The molecule has 0 aromatic heterocycles. The van der Waals surface area contributed by atoms with Crippen molar-refractivity contribution in [1.82, 2.24) is 4.90 Å². The smallest absolute Gasteiger partial charge is 0.460 e. The van der Waals surface area contributed by atoms with E-state index in [4.69, 9.17) is 3.79 Å². The van der Waals surface area contributed by atoms with Crippen LogP contribution in [0.2, 0.25) is 10.6 Å². The van der Waals surface area contributed by atoms with Gasteiger partial charge in [0, 0.05) is 6.10 Å². The quantitative estimate of drug-likeness (QED) is 0.541. The summed E-state index contributed by atoms with van der Waals surface area (Å²) >= 11 is -0.945. The van der Waals surface area contributed by atoms with Crippen LogP contribution in [0.1, 0.15) is 65.7 Å². The van der Waals surface area contributed by atoms with E-state index in [0.717, 1.165) is 5.92 Å². The van der Waals surface area contributed by atoms with E-state index in [1.807, 2.05) is 0 Å². The van der Waals surface area contributed by atoms with Crippen molar-refractivity contribution in [3.05, 3.63) is 0 Å². The zero-order valence-corrected chi connectivity index (χ0v) is 15.5. The predicted molar refractivity (Wildman–Crippen MR) is 90.6 cm³/mol. The summed E-state index contributed by atoms with van der Waals surface area (Å²) in [6, 6.07) is 0. The van der Waals surface area contributed by atoms with Gasteiger partial charge in [-0.3, -0.25) is 0 Å². The first-order valence-corrected chi connectivity index (χ1v) is 11.2. The van der Waals surface area contributed by atoms with Crippen LogP contribution < -0.4 is 0 Å². The first-order valence-electron chi connectivity index (χ1n) is 9.05. The summed E-state index contributed by atoms with van der Waals surface area (Å²) in [5, 5.41) is 2.80. The van der Waals surface area contributed by atoms with E-state index in [-0.39, 0.29) is 0 Å². The van der Waals surface area contributed by atoms with E-state index in [0.29, 0.717) is 6.10 Å². The SMILES string of the molecule is CCC[CH2][Al]([CH2]CCC)[O]C(CC)C1CCN(C)CC1. The van der Waals surface area contributed by atoms with Crippen LogP contribution in [-0.2, 0) is 3.79 Å². The van der Waals surface area contributed by atoms with Crippen LogP contribution in [-0.4, -0.2) is 45.6 Å². The number of nitrogens with zero attached hydrogens (tertiary/aromatic N) is 1. The fraction of sp³-hybridized carbons (Fsp3) is 1.00. The Hall–Kier alpha value is 0.452. The van der Waals surface area contributed by atoms with Gasteiger partial charge in [0.05, 0.1) is 0 Å². The van der Waals surface area contributed by atoms with Gasteiger partial charge in [0.15, 0.2) is 0 Å². The van der Waals surface area contributed by atoms with Crippen LogP contribution in [0.3, 0.4) is 0 Å². The number of hydrogen-bond donors (Lipinski definition) is 0. The van der Waals surface area contributed by atoms with E-state index >= 15 is 0 Å². The van der Waals surface area contributed by atoms with Gasteiger partial charge < -0.3 is 8.69 Å². The molecule has 0 aliphatic carbocycles. The zero-order valence-electron chi connectivity index (χ0n) is 14.4. The van der Waals surface area contributed by atoms with Crippen LogP contribution in [0.4, 0.5) is 0 Å². The molecule has 118 valence electrons. The van der Waals surface area contributed by atoms with Gasteiger partial charge in [-0.05, 0) is 45.3 Å². The van der Waals surface area contributed by atoms with Gasteiger partial charge in [-0.15, -0.1) is 0 Å². The van der Waals surface area contributed by atoms with Gasteiger partial charge in [-0.1, -0.05) is 57.0 Å². The van der Waals surface area contributed by atoms with Gasteiger partial charge in [-0.2, -0.15) is 0 Å². The van der Waals surface area contributed by atoms with E-state index in [1.54, 1.807) is 0 Å². The maximum atomic E-state index is 6.70. The summed E-state index contributed by atoms with van der Waals surface area (Å²) in [4.78, 5) is 2.46. The number of hydrogen-bond acceptors (Lipinski definition) is 2. The molecular weight excluding hydrogens is 261 g/mol. The lowest BCUT2D eigenvalue weighted by Gasteiger charge is -2.36. The van der Waals surface area contributed by atoms with Crippen LogP contribution in [0, 0.1) is 5.92 Å². The lowest BCUT2D eigenvalue weighted by molar-refractivity contribution is 0.0796. The topological polar surface area (TPSA) is 12.5 Å². The van der Waals surface area contributed by atoms with Crippen molar-refractivity contribution >= 4 is 14.5 Å². The molecule has 3 heteroatoms. The molecule has 1 unspecified atom stereocenters. The maximum Gasteiger partial charge on any atom is 0.460 e. The summed E-state index contributed by atoms with van der Waals surface area (Å²) in [7, 11) is 2.25. The zero-order chi connectivity index (χ0) is 14.8. The fourth-order valence-corrected chi connectivity index (χ4v) is 6.53. The Morgan fingerprint density at radius 1 is 1.05 bits per heavy atom. The van der Waals surface area contributed by atoms with Crippen molar-refractivity contribution in [2.24, 2.45) is 5.92 Å². The molecule has 0 spiro atoms. The largest absolute Gasteiger partial charge is 0.498 e. The van der Waals surface area contributed by atoms with Crippen LogP contribution in [0.25, 0.3) is 0 Å². The summed E-state index contributed by atoms with van der Waals surface area (Å²) in [5.74, 6) is 0.828. The van der Waals surface area contributed by atoms with Gasteiger partial charge in [0.25, 0.3) is 0 Å². The third-order valence-corrected chi connectivity index (χ3v) is 7.66. The van der Waals surface area contributed by atoms with Crippen molar-refractivity contribution in [2.45, 2.75) is 82.4 Å². The number of likely N-dealkylation sites (tertiary alicyclic amines) is 1. The predicted octanol–water partition coefficient (Wildman–Crippen LogP) is 4.72. The number of piperidine rings is 1. The molecule has 1 atom stereocenters. The third-order valence-electron chi connectivity index (χ3n) is 4.82. The third kappa shape index (κ3) is 6.94. The first-order chi connectivity index (χ1) is 9.71. The molecule has 0 amide bonds. The number of unbranched alkanes of at least 4 members (excludes halogenated alkanes) is 2. The lowest BCUT2D eigenvalue weighted by Crippen LogP contribution is -2.38. The highest BCUT2D eigenvalue weighted by Crippen LogP contribution is 2.26. The highest BCUT2D eigenvalue weighted by molar-refractivity contribution is 6.51. The molecule has 20 heavy (non-hydrogen) atoms. The van der Waals surface area contributed by atoms with Gasteiger partial charge in [0.2, 0.25) is 0 Å². The van der Waals surface area contributed by atoms with Crippen molar-refractivity contribution in [3.63, 3.8) is 0 Å². The van der Waals surface area contributed by atoms with Crippen molar-refractivity contribution in [3.8, 4) is 0 Å². The van der Waals surface area contributed by atoms with E-state index in [1.165, 1.54) is 68.6 Å². The molecule has 0 bridgehead atoms. The van der Waals surface area contributed by atoms with Crippen molar-refractivity contribution in [2.75, 3.05) is 20.1 Å². The van der Waals surface area contributed by atoms with Crippen LogP contribution in [0.5, 0.6) is 0 Å². The molecular formula is C17H36AlNO. The minimum atomic E-state index is -0.945. The Balaban J connectivity index is 2.44. The standard InChI is InChI=1S/C9H18NO.2C4H9.Al/c1-3-9(11)8-4-6-10(2)7-5-8;2*1-3-4-2;/h8-9H,3-7H2,1-2H3;2*1,3-4H2,2H3;/q-1;;;+1. The second kappa shape index (κ2) is 11.1. The van der Waals surface area contributed by atoms with E-state index < -0.39 is 14.5 Å². The molecule has 0 aromatic carbocycles. The first kappa shape index (κ1) is 18.5. The Labute approximate surface area is 132 Å². The molecule has 1 heterocycles. The summed E-state index contributed by atoms with van der Waals surface area (Å²) in [5.41, 5.74) is 0. The molecule has 1 aliphatic rings. The Bertz CT molecular complexity index is 221. The average Bonchev–Trinajstić information content (AvgIpc) is 2.47. The van der Waals surface area contributed by atoms with Crippen molar-refractivity contribution < 1.29 is 3.79 Å². The Kier molecular flexibility index (Phi) is 10.2. The molecule has 1 aliphatic heterocycles. The summed E-state index contributed by atoms with van der Waals surface area (Å²) < 4.78 is 6.70. The summed E-state index contributed by atoms with van der Waals surface area (Å²) in [6.45, 7) is 9.47.